The molecule has 0 aromatic heterocycles. The van der Waals surface area contributed by atoms with Gasteiger partial charge in [0.15, 0.2) is 0 Å². The van der Waals surface area contributed by atoms with E-state index >= 15 is 0 Å². The third-order valence-corrected chi connectivity index (χ3v) is 8.21. The number of nitrogens with zero attached hydrogens (tertiary/aromatic N) is 2. The van der Waals surface area contributed by atoms with Gasteiger partial charge in [-0.15, -0.1) is 0 Å². The molecule has 2 heterocycles. The summed E-state index contributed by atoms with van der Waals surface area (Å²) in [5, 5.41) is 4.33. The highest BCUT2D eigenvalue weighted by Gasteiger charge is 2.39. The van der Waals surface area contributed by atoms with E-state index in [-0.39, 0.29) is 30.0 Å². The van der Waals surface area contributed by atoms with Gasteiger partial charge in [-0.1, -0.05) is 66.2 Å². The molecule has 6 nitrogen and oxygen atoms in total. The Bertz CT molecular complexity index is 1410. The van der Waals surface area contributed by atoms with Crippen molar-refractivity contribution >= 4 is 29.0 Å². The lowest BCUT2D eigenvalue weighted by Gasteiger charge is -2.44. The van der Waals surface area contributed by atoms with Crippen molar-refractivity contribution in [3.05, 3.63) is 106 Å². The second-order valence-electron chi connectivity index (χ2n) is 11.2. The molecule has 5 rings (SSSR count). The van der Waals surface area contributed by atoms with Crippen molar-refractivity contribution < 1.29 is 14.3 Å². The van der Waals surface area contributed by atoms with Gasteiger partial charge in [-0.05, 0) is 66.3 Å². The molecule has 1 fully saturated rings. The number of hydrogen-bond acceptors (Lipinski definition) is 4. The first kappa shape index (κ1) is 28.9. The molecule has 1 unspecified atom stereocenters. The zero-order valence-corrected chi connectivity index (χ0v) is 24.7. The van der Waals surface area contributed by atoms with Crippen LogP contribution in [-0.4, -0.2) is 66.5 Å². The van der Waals surface area contributed by atoms with Crippen LogP contribution in [0.1, 0.15) is 37.0 Å². The Labute approximate surface area is 247 Å². The summed E-state index contributed by atoms with van der Waals surface area (Å²) in [4.78, 5) is 30.1. The zero-order chi connectivity index (χ0) is 28.9. The molecule has 1 saturated heterocycles. The number of ether oxygens (including phenoxy) is 1. The standard InChI is InChI=1S/C34H38ClN3O3/c1-23(41-30-14-12-28(35)13-15-30)18-26-10-7-11-27(19-26)31-20-29-21-38(24(2)39)22-32(36-29)33(31)34(40)37(3)17-16-25-8-5-4-6-9-25/h4-15,19,23,29,32,36H,16-18,20-22H2,1-3H3/t23?,29-,32-/m1/s1. The maximum atomic E-state index is 14.1. The van der Waals surface area contributed by atoms with Gasteiger partial charge in [-0.25, -0.2) is 0 Å². The van der Waals surface area contributed by atoms with Gasteiger partial charge in [-0.2, -0.15) is 0 Å². The van der Waals surface area contributed by atoms with E-state index in [0.29, 0.717) is 31.1 Å². The smallest absolute Gasteiger partial charge is 0.251 e. The second kappa shape index (κ2) is 12.9. The van der Waals surface area contributed by atoms with Crippen molar-refractivity contribution in [1.29, 1.82) is 0 Å². The average Bonchev–Trinajstić information content (AvgIpc) is 2.97. The van der Waals surface area contributed by atoms with E-state index in [1.807, 2.05) is 59.3 Å². The molecule has 0 radical (unpaired) electrons. The Kier molecular flexibility index (Phi) is 9.11. The highest BCUT2D eigenvalue weighted by Crippen LogP contribution is 2.34. The van der Waals surface area contributed by atoms with E-state index in [2.05, 4.69) is 48.6 Å². The molecule has 2 aliphatic heterocycles. The van der Waals surface area contributed by atoms with Gasteiger partial charge in [0.25, 0.3) is 5.91 Å². The van der Waals surface area contributed by atoms with Crippen LogP contribution in [0.4, 0.5) is 0 Å². The van der Waals surface area contributed by atoms with Crippen LogP contribution < -0.4 is 10.1 Å². The van der Waals surface area contributed by atoms with E-state index in [1.54, 1.807) is 6.92 Å². The van der Waals surface area contributed by atoms with Gasteiger partial charge in [0.1, 0.15) is 5.75 Å². The molecule has 3 aromatic rings. The molecule has 0 spiro atoms. The van der Waals surface area contributed by atoms with Gasteiger partial charge < -0.3 is 19.9 Å². The largest absolute Gasteiger partial charge is 0.490 e. The number of rotatable bonds is 9. The third-order valence-electron chi connectivity index (χ3n) is 7.96. The van der Waals surface area contributed by atoms with Crippen LogP contribution in [0.2, 0.25) is 5.02 Å². The number of piperazine rings is 1. The Balaban J connectivity index is 1.40. The summed E-state index contributed by atoms with van der Waals surface area (Å²) in [6, 6.07) is 26.0. The van der Waals surface area contributed by atoms with Crippen molar-refractivity contribution in [2.24, 2.45) is 0 Å². The summed E-state index contributed by atoms with van der Waals surface area (Å²) in [5.74, 6) is 0.848. The van der Waals surface area contributed by atoms with Crippen molar-refractivity contribution in [1.82, 2.24) is 15.1 Å². The van der Waals surface area contributed by atoms with Crippen molar-refractivity contribution in [3.8, 4) is 5.75 Å². The van der Waals surface area contributed by atoms with Crippen LogP contribution in [-0.2, 0) is 22.4 Å². The third kappa shape index (κ3) is 7.19. The van der Waals surface area contributed by atoms with Crippen LogP contribution >= 0.6 is 11.6 Å². The molecule has 214 valence electrons. The van der Waals surface area contributed by atoms with Gasteiger partial charge in [-0.3, -0.25) is 9.59 Å². The van der Waals surface area contributed by atoms with Crippen LogP contribution in [0.15, 0.2) is 84.4 Å². The average molecular weight is 572 g/mol. The SMILES string of the molecule is CC(=O)N1C[C@H]2CC(c3cccc(CC(C)Oc4ccc(Cl)cc4)c3)=C(C(=O)N(C)CCc3ccccc3)[C@@H](C1)N2. The number of carbonyl (C=O) groups is 2. The number of nitrogens with one attached hydrogen (secondary N) is 1. The van der Waals surface area contributed by atoms with Gasteiger partial charge in [0.05, 0.1) is 12.1 Å². The molecule has 2 bridgehead atoms. The molecule has 41 heavy (non-hydrogen) atoms. The molecule has 2 amide bonds. The van der Waals surface area contributed by atoms with E-state index in [9.17, 15) is 9.59 Å². The van der Waals surface area contributed by atoms with Crippen molar-refractivity contribution in [3.63, 3.8) is 0 Å². The molecule has 0 saturated carbocycles. The summed E-state index contributed by atoms with van der Waals surface area (Å²) in [6.07, 6.45) is 2.16. The summed E-state index contributed by atoms with van der Waals surface area (Å²) >= 11 is 6.02. The van der Waals surface area contributed by atoms with E-state index in [1.165, 1.54) is 5.56 Å². The second-order valence-corrected chi connectivity index (χ2v) is 11.6. The Morgan fingerprint density at radius 2 is 1.76 bits per heavy atom. The quantitative estimate of drug-likeness (QED) is 0.374. The minimum absolute atomic E-state index is 0.0159. The lowest BCUT2D eigenvalue weighted by molar-refractivity contribution is -0.132. The molecule has 3 atom stereocenters. The number of benzene rings is 3. The predicted molar refractivity (Wildman–Crippen MR) is 164 cm³/mol. The summed E-state index contributed by atoms with van der Waals surface area (Å²) in [6.45, 7) is 5.42. The minimum atomic E-state index is -0.205. The van der Waals surface area contributed by atoms with Gasteiger partial charge in [0, 0.05) is 56.7 Å². The van der Waals surface area contributed by atoms with E-state index < -0.39 is 0 Å². The van der Waals surface area contributed by atoms with Crippen LogP contribution in [0, 0.1) is 0 Å². The van der Waals surface area contributed by atoms with Crippen molar-refractivity contribution in [2.45, 2.75) is 51.3 Å². The Morgan fingerprint density at radius 3 is 2.49 bits per heavy atom. The lowest BCUT2D eigenvalue weighted by atomic mass is 9.82. The topological polar surface area (TPSA) is 61.9 Å². The fourth-order valence-electron chi connectivity index (χ4n) is 5.88. The first-order valence-electron chi connectivity index (χ1n) is 14.3. The number of fused-ring (bicyclic) bond motifs is 2. The zero-order valence-electron chi connectivity index (χ0n) is 24.0. The number of halogens is 1. The maximum absolute atomic E-state index is 14.1. The molecule has 7 heteroatoms. The van der Waals surface area contributed by atoms with Crippen LogP contribution in [0.25, 0.3) is 5.57 Å². The van der Waals surface area contributed by atoms with Gasteiger partial charge in [0.2, 0.25) is 5.91 Å². The predicted octanol–water partition coefficient (Wildman–Crippen LogP) is 5.40. The Morgan fingerprint density at radius 1 is 1.02 bits per heavy atom. The summed E-state index contributed by atoms with van der Waals surface area (Å²) < 4.78 is 6.13. The fourth-order valence-corrected chi connectivity index (χ4v) is 6.00. The lowest BCUT2D eigenvalue weighted by Crippen LogP contribution is -2.61. The normalized spacial score (nSPS) is 19.1. The molecule has 1 N–H and O–H groups in total. The summed E-state index contributed by atoms with van der Waals surface area (Å²) in [5.41, 5.74) is 5.26. The molecule has 2 aliphatic rings. The van der Waals surface area contributed by atoms with Crippen LogP contribution in [0.3, 0.4) is 0 Å². The van der Waals surface area contributed by atoms with E-state index in [0.717, 1.165) is 40.9 Å². The number of carbonyl (C=O) groups excluding carboxylic acids is 2. The maximum Gasteiger partial charge on any atom is 0.251 e. The van der Waals surface area contributed by atoms with E-state index in [4.69, 9.17) is 16.3 Å². The monoisotopic (exact) mass is 571 g/mol. The Hall–Kier alpha value is -3.61. The molecular weight excluding hydrogens is 534 g/mol. The highest BCUT2D eigenvalue weighted by molar-refractivity contribution is 6.30. The fraction of sp³-hybridized carbons (Fsp3) is 0.353. The number of likely N-dealkylation sites (N-methyl/N-ethyl adjacent to an activating group) is 1. The first-order chi connectivity index (χ1) is 19.8. The number of amides is 2. The molecular formula is C34H38ClN3O3. The molecule has 0 aliphatic carbocycles. The summed E-state index contributed by atoms with van der Waals surface area (Å²) in [7, 11) is 1.87. The minimum Gasteiger partial charge on any atom is -0.490 e. The van der Waals surface area contributed by atoms with Crippen LogP contribution in [0.5, 0.6) is 5.75 Å². The molecule has 3 aromatic carbocycles. The van der Waals surface area contributed by atoms with Crippen molar-refractivity contribution in [2.75, 3.05) is 26.7 Å². The first-order valence-corrected chi connectivity index (χ1v) is 14.7. The highest BCUT2D eigenvalue weighted by atomic mass is 35.5. The van der Waals surface area contributed by atoms with Gasteiger partial charge >= 0.3 is 0 Å². The number of hydrogen-bond donors (Lipinski definition) is 1.